The van der Waals surface area contributed by atoms with Crippen LogP contribution in [0.3, 0.4) is 0 Å². The molecule has 0 aromatic heterocycles. The van der Waals surface area contributed by atoms with Gasteiger partial charge in [0, 0.05) is 12.8 Å². The molecule has 0 saturated carbocycles. The Balaban J connectivity index is 3.55. The van der Waals surface area contributed by atoms with Gasteiger partial charge in [-0.25, -0.2) is 0 Å². The number of rotatable bonds is 12. The number of carbonyl (C=O) groups excluding carboxylic acids is 2. The average Bonchev–Trinajstić information content (AvgIpc) is 2.43. The Labute approximate surface area is 121 Å². The van der Waals surface area contributed by atoms with Crippen molar-refractivity contribution in [1.29, 1.82) is 0 Å². The summed E-state index contributed by atoms with van der Waals surface area (Å²) >= 11 is 0. The summed E-state index contributed by atoms with van der Waals surface area (Å²) in [7, 11) is 0. The zero-order valence-electron chi connectivity index (χ0n) is 12.7. The van der Waals surface area contributed by atoms with Crippen LogP contribution in [0.5, 0.6) is 0 Å². The topological polar surface area (TPSA) is 72.8 Å². The molecule has 0 rings (SSSR count). The third-order valence-electron chi connectivity index (χ3n) is 2.84. The van der Waals surface area contributed by atoms with Gasteiger partial charge < -0.3 is 14.6 Å². The Hall–Kier alpha value is -1.10. The molecule has 0 bridgehead atoms. The molecule has 20 heavy (non-hydrogen) atoms. The number of aliphatic hydroxyl groups excluding tert-OH is 1. The third kappa shape index (κ3) is 12.0. The first-order chi connectivity index (χ1) is 9.60. The number of ether oxygens (including phenoxy) is 2. The zero-order valence-corrected chi connectivity index (χ0v) is 12.7. The van der Waals surface area contributed by atoms with E-state index < -0.39 is 6.10 Å². The minimum atomic E-state index is -0.944. The average molecular weight is 288 g/mol. The van der Waals surface area contributed by atoms with Crippen molar-refractivity contribution in [2.45, 2.75) is 71.3 Å². The van der Waals surface area contributed by atoms with Crippen LogP contribution < -0.4 is 0 Å². The zero-order chi connectivity index (χ0) is 15.2. The smallest absolute Gasteiger partial charge is 0.305 e. The van der Waals surface area contributed by atoms with Gasteiger partial charge in [0.1, 0.15) is 19.3 Å². The maximum atomic E-state index is 11.3. The van der Waals surface area contributed by atoms with E-state index in [1.165, 1.54) is 0 Å². The highest BCUT2D eigenvalue weighted by Gasteiger charge is 2.11. The van der Waals surface area contributed by atoms with Gasteiger partial charge in [0.2, 0.25) is 0 Å². The van der Waals surface area contributed by atoms with Gasteiger partial charge in [-0.1, -0.05) is 39.5 Å². The van der Waals surface area contributed by atoms with Gasteiger partial charge in [0.25, 0.3) is 0 Å². The van der Waals surface area contributed by atoms with Crippen LogP contribution in [-0.4, -0.2) is 36.4 Å². The molecule has 0 spiro atoms. The molecule has 0 radical (unpaired) electrons. The Morgan fingerprint density at radius 2 is 1.25 bits per heavy atom. The second kappa shape index (κ2) is 12.9. The maximum Gasteiger partial charge on any atom is 0.305 e. The molecule has 0 atom stereocenters. The predicted molar refractivity (Wildman–Crippen MR) is 76.2 cm³/mol. The fourth-order valence-electron chi connectivity index (χ4n) is 1.61. The first-order valence-corrected chi connectivity index (χ1v) is 7.59. The molecule has 0 aromatic rings. The first-order valence-electron chi connectivity index (χ1n) is 7.59. The predicted octanol–water partition coefficient (Wildman–Crippen LogP) is 2.59. The van der Waals surface area contributed by atoms with Crippen LogP contribution in [-0.2, 0) is 19.1 Å². The van der Waals surface area contributed by atoms with E-state index in [9.17, 15) is 14.7 Å². The van der Waals surface area contributed by atoms with Gasteiger partial charge in [0.15, 0.2) is 0 Å². The molecule has 0 unspecified atom stereocenters. The van der Waals surface area contributed by atoms with Crippen LogP contribution in [0.25, 0.3) is 0 Å². The number of carbonyl (C=O) groups is 2. The fourth-order valence-corrected chi connectivity index (χ4v) is 1.61. The Bertz CT molecular complexity index is 239. The summed E-state index contributed by atoms with van der Waals surface area (Å²) < 4.78 is 9.80. The van der Waals surface area contributed by atoms with Crippen molar-refractivity contribution in [3.05, 3.63) is 0 Å². The summed E-state index contributed by atoms with van der Waals surface area (Å²) in [6, 6.07) is 0. The van der Waals surface area contributed by atoms with E-state index in [0.29, 0.717) is 12.8 Å². The second-order valence-corrected chi connectivity index (χ2v) is 4.93. The normalized spacial score (nSPS) is 10.6. The highest BCUT2D eigenvalue weighted by atomic mass is 16.6. The summed E-state index contributed by atoms with van der Waals surface area (Å²) in [6.45, 7) is 3.88. The van der Waals surface area contributed by atoms with Crippen molar-refractivity contribution < 1.29 is 24.2 Å². The van der Waals surface area contributed by atoms with E-state index in [1.54, 1.807) is 0 Å². The SMILES string of the molecule is CCCCCC(=O)OCC(O)COC(=O)CCCCC. The van der Waals surface area contributed by atoms with Gasteiger partial charge in [0.05, 0.1) is 0 Å². The van der Waals surface area contributed by atoms with Crippen molar-refractivity contribution in [1.82, 2.24) is 0 Å². The maximum absolute atomic E-state index is 11.3. The van der Waals surface area contributed by atoms with Crippen LogP contribution in [0.2, 0.25) is 0 Å². The summed E-state index contributed by atoms with van der Waals surface area (Å²) in [5.74, 6) is -0.626. The lowest BCUT2D eigenvalue weighted by atomic mass is 10.2. The monoisotopic (exact) mass is 288 g/mol. The van der Waals surface area contributed by atoms with Gasteiger partial charge in [-0.05, 0) is 12.8 Å². The van der Waals surface area contributed by atoms with Crippen molar-refractivity contribution in [3.8, 4) is 0 Å². The molecule has 0 aliphatic rings. The summed E-state index contributed by atoms with van der Waals surface area (Å²) in [5.41, 5.74) is 0. The van der Waals surface area contributed by atoms with E-state index in [4.69, 9.17) is 9.47 Å². The molecule has 0 heterocycles. The lowest BCUT2D eigenvalue weighted by Crippen LogP contribution is -2.25. The lowest BCUT2D eigenvalue weighted by molar-refractivity contribution is -0.152. The van der Waals surface area contributed by atoms with Crippen molar-refractivity contribution in [3.63, 3.8) is 0 Å². The number of unbranched alkanes of at least 4 members (excludes halogenated alkanes) is 4. The molecule has 118 valence electrons. The molecule has 0 aromatic carbocycles. The summed E-state index contributed by atoms with van der Waals surface area (Å²) in [6.07, 6.45) is 5.48. The second-order valence-electron chi connectivity index (χ2n) is 4.93. The van der Waals surface area contributed by atoms with E-state index >= 15 is 0 Å². The standard InChI is InChI=1S/C15H28O5/c1-3-5-7-9-14(17)19-11-13(16)12-20-15(18)10-8-6-4-2/h13,16H,3-12H2,1-2H3. The van der Waals surface area contributed by atoms with Gasteiger partial charge in [-0.15, -0.1) is 0 Å². The fraction of sp³-hybridized carbons (Fsp3) is 0.867. The highest BCUT2D eigenvalue weighted by Crippen LogP contribution is 2.03. The van der Waals surface area contributed by atoms with Crippen LogP contribution in [0.4, 0.5) is 0 Å². The molecule has 0 saturated heterocycles. The minimum Gasteiger partial charge on any atom is -0.463 e. The lowest BCUT2D eigenvalue weighted by Gasteiger charge is -2.12. The number of hydrogen-bond donors (Lipinski definition) is 1. The molecule has 5 heteroatoms. The van der Waals surface area contributed by atoms with Crippen molar-refractivity contribution in [2.24, 2.45) is 0 Å². The molecular formula is C15H28O5. The Kier molecular flexibility index (Phi) is 12.2. The molecule has 0 fully saturated rings. The number of esters is 2. The van der Waals surface area contributed by atoms with Gasteiger partial charge in [-0.3, -0.25) is 9.59 Å². The van der Waals surface area contributed by atoms with Gasteiger partial charge >= 0.3 is 11.9 Å². The molecule has 1 N–H and O–H groups in total. The molecular weight excluding hydrogens is 260 g/mol. The van der Waals surface area contributed by atoms with Crippen molar-refractivity contribution >= 4 is 11.9 Å². The molecule has 5 nitrogen and oxygen atoms in total. The Morgan fingerprint density at radius 1 is 0.850 bits per heavy atom. The highest BCUT2D eigenvalue weighted by molar-refractivity contribution is 5.69. The number of hydrogen-bond acceptors (Lipinski definition) is 5. The van der Waals surface area contributed by atoms with Crippen molar-refractivity contribution in [2.75, 3.05) is 13.2 Å². The van der Waals surface area contributed by atoms with Crippen LogP contribution in [0.1, 0.15) is 65.2 Å². The molecule has 0 amide bonds. The van der Waals surface area contributed by atoms with Crippen LogP contribution in [0.15, 0.2) is 0 Å². The summed E-state index contributed by atoms with van der Waals surface area (Å²) in [4.78, 5) is 22.6. The number of aliphatic hydroxyl groups is 1. The van der Waals surface area contributed by atoms with Gasteiger partial charge in [-0.2, -0.15) is 0 Å². The first kappa shape index (κ1) is 18.9. The van der Waals surface area contributed by atoms with E-state index in [2.05, 4.69) is 13.8 Å². The van der Waals surface area contributed by atoms with E-state index in [1.807, 2.05) is 0 Å². The van der Waals surface area contributed by atoms with E-state index in [-0.39, 0.29) is 25.2 Å². The summed E-state index contributed by atoms with van der Waals surface area (Å²) in [5, 5.41) is 9.54. The van der Waals surface area contributed by atoms with E-state index in [0.717, 1.165) is 38.5 Å². The quantitative estimate of drug-likeness (QED) is 0.441. The van der Waals surface area contributed by atoms with Crippen LogP contribution >= 0.6 is 0 Å². The minimum absolute atomic E-state index is 0.118. The third-order valence-corrected chi connectivity index (χ3v) is 2.84. The Morgan fingerprint density at radius 3 is 1.60 bits per heavy atom. The largest absolute Gasteiger partial charge is 0.463 e. The molecule has 0 aliphatic carbocycles. The molecule has 0 aliphatic heterocycles. The van der Waals surface area contributed by atoms with Crippen LogP contribution in [0, 0.1) is 0 Å².